The van der Waals surface area contributed by atoms with Gasteiger partial charge in [-0.3, -0.25) is 10.1 Å². The van der Waals surface area contributed by atoms with Gasteiger partial charge < -0.3 is 10.5 Å². The van der Waals surface area contributed by atoms with E-state index in [1.54, 1.807) is 7.11 Å². The Kier molecular flexibility index (Phi) is 3.61. The molecule has 0 bridgehead atoms. The molecule has 0 aliphatic carbocycles. The number of rotatable bonds is 4. The van der Waals surface area contributed by atoms with Crippen molar-refractivity contribution in [1.82, 2.24) is 4.98 Å². The number of nitrogens with zero attached hydrogens (tertiary/aromatic N) is 2. The average molecular weight is 259 g/mol. The van der Waals surface area contributed by atoms with Crippen LogP contribution < -0.4 is 10.5 Å². The van der Waals surface area contributed by atoms with Crippen LogP contribution in [0.25, 0.3) is 0 Å². The molecule has 0 saturated heterocycles. The first-order valence-corrected chi connectivity index (χ1v) is 5.62. The molecule has 0 aliphatic heterocycles. The first kappa shape index (κ1) is 12.8. The van der Waals surface area contributed by atoms with Crippen molar-refractivity contribution in [1.29, 1.82) is 0 Å². The van der Waals surface area contributed by atoms with E-state index in [0.29, 0.717) is 17.8 Å². The lowest BCUT2D eigenvalue weighted by atomic mass is 10.1. The minimum absolute atomic E-state index is 0.0577. The third kappa shape index (κ3) is 2.98. The van der Waals surface area contributed by atoms with Gasteiger partial charge in [0.05, 0.1) is 12.0 Å². The van der Waals surface area contributed by atoms with Crippen molar-refractivity contribution in [3.63, 3.8) is 0 Å². The van der Waals surface area contributed by atoms with Crippen molar-refractivity contribution in [2.75, 3.05) is 12.8 Å². The Morgan fingerprint density at radius 3 is 2.63 bits per heavy atom. The molecule has 2 aromatic rings. The van der Waals surface area contributed by atoms with Crippen molar-refractivity contribution >= 4 is 11.5 Å². The molecule has 19 heavy (non-hydrogen) atoms. The number of ether oxygens (including phenoxy) is 1. The highest BCUT2D eigenvalue weighted by Gasteiger charge is 2.11. The van der Waals surface area contributed by atoms with Crippen LogP contribution in [0, 0.1) is 10.1 Å². The van der Waals surface area contributed by atoms with Crippen LogP contribution in [0.15, 0.2) is 36.5 Å². The summed E-state index contributed by atoms with van der Waals surface area (Å²) in [6, 6.07) is 8.88. The second kappa shape index (κ2) is 5.34. The van der Waals surface area contributed by atoms with Gasteiger partial charge in [0.15, 0.2) is 0 Å². The van der Waals surface area contributed by atoms with E-state index < -0.39 is 4.92 Å². The van der Waals surface area contributed by atoms with Gasteiger partial charge in [0.1, 0.15) is 17.8 Å². The van der Waals surface area contributed by atoms with E-state index >= 15 is 0 Å². The number of aromatic nitrogens is 1. The summed E-state index contributed by atoms with van der Waals surface area (Å²) in [5, 5.41) is 10.7. The van der Waals surface area contributed by atoms with Crippen LogP contribution in [-0.4, -0.2) is 17.0 Å². The Labute approximate surface area is 110 Å². The molecule has 0 radical (unpaired) electrons. The number of nitrogens with two attached hydrogens (primary N) is 1. The Bertz CT molecular complexity index is 597. The summed E-state index contributed by atoms with van der Waals surface area (Å²) < 4.78 is 5.07. The number of hydrogen-bond donors (Lipinski definition) is 1. The summed E-state index contributed by atoms with van der Waals surface area (Å²) in [5.41, 5.74) is 7.30. The maximum absolute atomic E-state index is 10.7. The van der Waals surface area contributed by atoms with Crippen molar-refractivity contribution in [3.05, 3.63) is 57.8 Å². The SMILES string of the molecule is COc1ccc(Cc2cc([N+](=O)[O-])cnc2N)cc1. The van der Waals surface area contributed by atoms with E-state index in [-0.39, 0.29) is 5.69 Å². The average Bonchev–Trinajstić information content (AvgIpc) is 2.42. The highest BCUT2D eigenvalue weighted by Crippen LogP contribution is 2.21. The van der Waals surface area contributed by atoms with Gasteiger partial charge in [-0.05, 0) is 17.7 Å². The molecule has 0 spiro atoms. The number of benzene rings is 1. The number of methoxy groups -OCH3 is 1. The molecule has 0 amide bonds. The van der Waals surface area contributed by atoms with Crippen LogP contribution in [0.3, 0.4) is 0 Å². The molecular weight excluding hydrogens is 246 g/mol. The zero-order valence-electron chi connectivity index (χ0n) is 10.4. The standard InChI is InChI=1S/C13H13N3O3/c1-19-12-4-2-9(3-5-12)6-10-7-11(16(17)18)8-15-13(10)14/h2-5,7-8H,6H2,1H3,(H2,14,15). The normalized spacial score (nSPS) is 10.2. The lowest BCUT2D eigenvalue weighted by molar-refractivity contribution is -0.385. The zero-order chi connectivity index (χ0) is 13.8. The van der Waals surface area contributed by atoms with Crippen molar-refractivity contribution in [2.24, 2.45) is 0 Å². The lowest BCUT2D eigenvalue weighted by Gasteiger charge is -2.06. The van der Waals surface area contributed by atoms with Crippen molar-refractivity contribution < 1.29 is 9.66 Å². The van der Waals surface area contributed by atoms with E-state index in [1.165, 1.54) is 6.07 Å². The third-order valence-corrected chi connectivity index (χ3v) is 2.75. The largest absolute Gasteiger partial charge is 0.497 e. The fourth-order valence-corrected chi connectivity index (χ4v) is 1.71. The maximum atomic E-state index is 10.7. The van der Waals surface area contributed by atoms with Gasteiger partial charge in [0.25, 0.3) is 5.69 Å². The molecule has 6 nitrogen and oxygen atoms in total. The molecule has 0 aliphatic rings. The van der Waals surface area contributed by atoms with Gasteiger partial charge in [-0.1, -0.05) is 12.1 Å². The van der Waals surface area contributed by atoms with E-state index in [4.69, 9.17) is 10.5 Å². The third-order valence-electron chi connectivity index (χ3n) is 2.75. The van der Waals surface area contributed by atoms with Gasteiger partial charge in [-0.15, -0.1) is 0 Å². The molecule has 1 aromatic heterocycles. The topological polar surface area (TPSA) is 91.3 Å². The zero-order valence-corrected chi connectivity index (χ0v) is 10.4. The number of nitrogen functional groups attached to an aromatic ring is 1. The van der Waals surface area contributed by atoms with Crippen LogP contribution >= 0.6 is 0 Å². The number of anilines is 1. The Morgan fingerprint density at radius 2 is 2.05 bits per heavy atom. The molecule has 0 unspecified atom stereocenters. The Morgan fingerprint density at radius 1 is 1.37 bits per heavy atom. The van der Waals surface area contributed by atoms with Crippen LogP contribution in [0.5, 0.6) is 5.75 Å². The molecule has 1 heterocycles. The summed E-state index contributed by atoms with van der Waals surface area (Å²) in [7, 11) is 1.59. The number of nitro groups is 1. The van der Waals surface area contributed by atoms with Crippen LogP contribution in [0.4, 0.5) is 11.5 Å². The van der Waals surface area contributed by atoms with E-state index in [0.717, 1.165) is 17.5 Å². The number of hydrogen-bond acceptors (Lipinski definition) is 5. The predicted molar refractivity (Wildman–Crippen MR) is 71.1 cm³/mol. The molecule has 0 fully saturated rings. The fraction of sp³-hybridized carbons (Fsp3) is 0.154. The lowest BCUT2D eigenvalue weighted by Crippen LogP contribution is -2.01. The smallest absolute Gasteiger partial charge is 0.288 e. The minimum Gasteiger partial charge on any atom is -0.497 e. The summed E-state index contributed by atoms with van der Waals surface area (Å²) in [4.78, 5) is 14.1. The summed E-state index contributed by atoms with van der Waals surface area (Å²) in [5.74, 6) is 1.07. The Balaban J connectivity index is 2.26. The number of pyridine rings is 1. The van der Waals surface area contributed by atoms with E-state index in [2.05, 4.69) is 4.98 Å². The Hall–Kier alpha value is -2.63. The molecule has 0 atom stereocenters. The monoisotopic (exact) mass is 259 g/mol. The van der Waals surface area contributed by atoms with Gasteiger partial charge in [-0.2, -0.15) is 0 Å². The highest BCUT2D eigenvalue weighted by atomic mass is 16.6. The van der Waals surface area contributed by atoms with Crippen molar-refractivity contribution in [3.8, 4) is 5.75 Å². The van der Waals surface area contributed by atoms with Crippen LogP contribution in [0.2, 0.25) is 0 Å². The van der Waals surface area contributed by atoms with Gasteiger partial charge >= 0.3 is 0 Å². The van der Waals surface area contributed by atoms with Gasteiger partial charge in [-0.25, -0.2) is 4.98 Å². The molecule has 98 valence electrons. The van der Waals surface area contributed by atoms with Crippen LogP contribution in [0.1, 0.15) is 11.1 Å². The van der Waals surface area contributed by atoms with Gasteiger partial charge in [0.2, 0.25) is 0 Å². The van der Waals surface area contributed by atoms with Crippen LogP contribution in [-0.2, 0) is 6.42 Å². The maximum Gasteiger partial charge on any atom is 0.288 e. The van der Waals surface area contributed by atoms with Crippen molar-refractivity contribution in [2.45, 2.75) is 6.42 Å². The van der Waals surface area contributed by atoms with E-state index in [9.17, 15) is 10.1 Å². The molecule has 2 rings (SSSR count). The second-order valence-electron chi connectivity index (χ2n) is 4.02. The molecule has 0 saturated carbocycles. The summed E-state index contributed by atoms with van der Waals surface area (Å²) >= 11 is 0. The second-order valence-corrected chi connectivity index (χ2v) is 4.02. The first-order chi connectivity index (χ1) is 9.10. The molecule has 1 aromatic carbocycles. The quantitative estimate of drug-likeness (QED) is 0.671. The predicted octanol–water partition coefficient (Wildman–Crippen LogP) is 2.17. The molecular formula is C13H13N3O3. The molecule has 6 heteroatoms. The summed E-state index contributed by atoms with van der Waals surface area (Å²) in [6.45, 7) is 0. The first-order valence-electron chi connectivity index (χ1n) is 5.62. The van der Waals surface area contributed by atoms with Gasteiger partial charge in [0, 0.05) is 18.1 Å². The molecule has 2 N–H and O–H groups in total. The summed E-state index contributed by atoms with van der Waals surface area (Å²) in [6.07, 6.45) is 1.65. The van der Waals surface area contributed by atoms with E-state index in [1.807, 2.05) is 24.3 Å². The highest BCUT2D eigenvalue weighted by molar-refractivity contribution is 5.48. The fourth-order valence-electron chi connectivity index (χ4n) is 1.71. The minimum atomic E-state index is -0.482.